The Morgan fingerprint density at radius 1 is 1.19 bits per heavy atom. The van der Waals surface area contributed by atoms with Crippen molar-refractivity contribution < 1.29 is 4.79 Å². The Morgan fingerprint density at radius 2 is 1.92 bits per heavy atom. The summed E-state index contributed by atoms with van der Waals surface area (Å²) in [4.78, 5) is 13.7. The third-order valence-corrected chi connectivity index (χ3v) is 4.94. The predicted molar refractivity (Wildman–Crippen MR) is 104 cm³/mol. The molecule has 5 nitrogen and oxygen atoms in total. The van der Waals surface area contributed by atoms with E-state index in [9.17, 15) is 4.79 Å². The van der Waals surface area contributed by atoms with Crippen molar-refractivity contribution in [1.82, 2.24) is 9.78 Å². The van der Waals surface area contributed by atoms with E-state index in [1.54, 1.807) is 22.6 Å². The first-order valence-corrected chi connectivity index (χ1v) is 9.19. The van der Waals surface area contributed by atoms with Gasteiger partial charge in [-0.05, 0) is 31.2 Å². The van der Waals surface area contributed by atoms with Crippen LogP contribution in [0.15, 0.2) is 65.7 Å². The summed E-state index contributed by atoms with van der Waals surface area (Å²) in [5.41, 5.74) is 2.97. The summed E-state index contributed by atoms with van der Waals surface area (Å²) in [5, 5.41) is 16.0. The number of carbonyl (C=O) groups is 1. The summed E-state index contributed by atoms with van der Waals surface area (Å²) in [6.07, 6.45) is 2.05. The number of amides is 1. The van der Waals surface area contributed by atoms with Crippen LogP contribution in [0.3, 0.4) is 0 Å². The van der Waals surface area contributed by atoms with Gasteiger partial charge in [0.1, 0.15) is 0 Å². The molecule has 0 atom stereocenters. The number of aromatic nitrogens is 2. The van der Waals surface area contributed by atoms with E-state index in [1.807, 2.05) is 61.5 Å². The van der Waals surface area contributed by atoms with Crippen molar-refractivity contribution in [2.24, 2.45) is 0 Å². The molecule has 1 heterocycles. The quantitative estimate of drug-likeness (QED) is 0.520. The summed E-state index contributed by atoms with van der Waals surface area (Å²) in [6.45, 7) is 1.88. The van der Waals surface area contributed by atoms with Gasteiger partial charge < -0.3 is 5.32 Å². The Labute approximate surface area is 156 Å². The number of nitriles is 1. The molecule has 0 spiro atoms. The van der Waals surface area contributed by atoms with Gasteiger partial charge in [-0.3, -0.25) is 4.79 Å². The summed E-state index contributed by atoms with van der Waals surface area (Å²) in [6, 6.07) is 19.4. The van der Waals surface area contributed by atoms with E-state index < -0.39 is 0 Å². The maximum Gasteiger partial charge on any atom is 0.259 e. The average molecular weight is 362 g/mol. The maximum atomic E-state index is 12.7. The summed E-state index contributed by atoms with van der Waals surface area (Å²) in [5.74, 6) is 0.493. The highest BCUT2D eigenvalue weighted by Gasteiger charge is 2.16. The molecule has 0 saturated carbocycles. The minimum Gasteiger partial charge on any atom is -0.321 e. The lowest BCUT2D eigenvalue weighted by atomic mass is 10.2. The molecule has 1 aromatic heterocycles. The Kier molecular flexibility index (Phi) is 5.72. The zero-order valence-electron chi connectivity index (χ0n) is 14.3. The van der Waals surface area contributed by atoms with Crippen molar-refractivity contribution in [3.63, 3.8) is 0 Å². The van der Waals surface area contributed by atoms with Crippen LogP contribution in [-0.2, 0) is 0 Å². The van der Waals surface area contributed by atoms with Gasteiger partial charge in [0, 0.05) is 17.1 Å². The third-order valence-electron chi connectivity index (χ3n) is 3.86. The number of carbonyl (C=O) groups excluding carboxylic acids is 1. The number of benzene rings is 2. The second kappa shape index (κ2) is 8.37. The second-order valence-corrected chi connectivity index (χ2v) is 6.73. The van der Waals surface area contributed by atoms with Gasteiger partial charge in [-0.25, -0.2) is 4.68 Å². The molecule has 2 aromatic carbocycles. The lowest BCUT2D eigenvalue weighted by Gasteiger charge is -2.10. The van der Waals surface area contributed by atoms with Crippen molar-refractivity contribution >= 4 is 23.4 Å². The molecule has 130 valence electrons. The first-order chi connectivity index (χ1) is 12.7. The monoisotopic (exact) mass is 362 g/mol. The number of para-hydroxylation sites is 2. The SMILES string of the molecule is Cc1c(C(=O)Nc2ccccc2SCCC#N)cnn1-c1ccccc1. The Hall–Kier alpha value is -3.04. The van der Waals surface area contributed by atoms with Gasteiger partial charge in [-0.2, -0.15) is 10.4 Å². The summed E-state index contributed by atoms with van der Waals surface area (Å²) < 4.78 is 1.75. The molecule has 0 aliphatic carbocycles. The van der Waals surface area contributed by atoms with Crippen molar-refractivity contribution in [3.05, 3.63) is 72.1 Å². The molecule has 1 amide bonds. The van der Waals surface area contributed by atoms with Crippen LogP contribution in [0.25, 0.3) is 5.69 Å². The standard InChI is InChI=1S/C20H18N4OS/c1-15-17(14-22-24(15)16-8-3-2-4-9-16)20(25)23-18-10-5-6-11-19(18)26-13-7-12-21/h2-6,8-11,14H,7,13H2,1H3,(H,23,25). The minimum absolute atomic E-state index is 0.196. The zero-order valence-corrected chi connectivity index (χ0v) is 15.2. The molecule has 0 bridgehead atoms. The number of anilines is 1. The largest absolute Gasteiger partial charge is 0.321 e. The van der Waals surface area contributed by atoms with Gasteiger partial charge in [0.05, 0.1) is 34.9 Å². The van der Waals surface area contributed by atoms with Crippen LogP contribution < -0.4 is 5.32 Å². The van der Waals surface area contributed by atoms with Gasteiger partial charge in [-0.1, -0.05) is 30.3 Å². The fourth-order valence-electron chi connectivity index (χ4n) is 2.55. The topological polar surface area (TPSA) is 70.7 Å². The van der Waals surface area contributed by atoms with E-state index in [0.717, 1.165) is 22.0 Å². The fraction of sp³-hybridized carbons (Fsp3) is 0.150. The number of nitrogens with zero attached hydrogens (tertiary/aromatic N) is 3. The van der Waals surface area contributed by atoms with Crippen LogP contribution in [0.2, 0.25) is 0 Å². The van der Waals surface area contributed by atoms with E-state index in [4.69, 9.17) is 5.26 Å². The smallest absolute Gasteiger partial charge is 0.259 e. The van der Waals surface area contributed by atoms with Crippen molar-refractivity contribution in [2.75, 3.05) is 11.1 Å². The molecule has 3 rings (SSSR count). The average Bonchev–Trinajstić information content (AvgIpc) is 3.05. The minimum atomic E-state index is -0.196. The number of rotatable bonds is 6. The van der Waals surface area contributed by atoms with E-state index in [1.165, 1.54) is 0 Å². The molecule has 0 fully saturated rings. The van der Waals surface area contributed by atoms with Crippen LogP contribution in [0, 0.1) is 18.3 Å². The van der Waals surface area contributed by atoms with Gasteiger partial charge in [-0.15, -0.1) is 11.8 Å². The predicted octanol–water partition coefficient (Wildman–Crippen LogP) is 4.44. The van der Waals surface area contributed by atoms with Gasteiger partial charge in [0.2, 0.25) is 0 Å². The van der Waals surface area contributed by atoms with Crippen LogP contribution in [0.4, 0.5) is 5.69 Å². The van der Waals surface area contributed by atoms with E-state index in [2.05, 4.69) is 16.5 Å². The molecule has 0 aliphatic rings. The Bertz CT molecular complexity index is 944. The lowest BCUT2D eigenvalue weighted by Crippen LogP contribution is -2.13. The number of thioether (sulfide) groups is 1. The first kappa shape index (κ1) is 17.8. The highest BCUT2D eigenvalue weighted by atomic mass is 32.2. The van der Waals surface area contributed by atoms with E-state index in [-0.39, 0.29) is 5.91 Å². The first-order valence-electron chi connectivity index (χ1n) is 8.21. The van der Waals surface area contributed by atoms with Crippen LogP contribution in [0.5, 0.6) is 0 Å². The molecule has 6 heteroatoms. The Morgan fingerprint density at radius 3 is 2.69 bits per heavy atom. The summed E-state index contributed by atoms with van der Waals surface area (Å²) in [7, 11) is 0. The van der Waals surface area contributed by atoms with Crippen LogP contribution in [-0.4, -0.2) is 21.4 Å². The molecular formula is C20H18N4OS. The van der Waals surface area contributed by atoms with E-state index >= 15 is 0 Å². The van der Waals surface area contributed by atoms with Crippen molar-refractivity contribution in [1.29, 1.82) is 5.26 Å². The molecule has 0 saturated heterocycles. The molecule has 0 radical (unpaired) electrons. The zero-order chi connectivity index (χ0) is 18.4. The molecule has 0 aliphatic heterocycles. The molecule has 26 heavy (non-hydrogen) atoms. The molecular weight excluding hydrogens is 344 g/mol. The van der Waals surface area contributed by atoms with Crippen LogP contribution >= 0.6 is 11.8 Å². The van der Waals surface area contributed by atoms with Crippen molar-refractivity contribution in [2.45, 2.75) is 18.2 Å². The Balaban J connectivity index is 1.80. The van der Waals surface area contributed by atoms with Gasteiger partial charge >= 0.3 is 0 Å². The number of hydrogen-bond donors (Lipinski definition) is 1. The normalized spacial score (nSPS) is 10.3. The number of hydrogen-bond acceptors (Lipinski definition) is 4. The third kappa shape index (κ3) is 3.95. The summed E-state index contributed by atoms with van der Waals surface area (Å²) >= 11 is 1.56. The second-order valence-electron chi connectivity index (χ2n) is 5.60. The van der Waals surface area contributed by atoms with Gasteiger partial charge in [0.15, 0.2) is 0 Å². The highest BCUT2D eigenvalue weighted by Crippen LogP contribution is 2.28. The highest BCUT2D eigenvalue weighted by molar-refractivity contribution is 7.99. The van der Waals surface area contributed by atoms with Crippen LogP contribution in [0.1, 0.15) is 22.5 Å². The molecule has 1 N–H and O–H groups in total. The van der Waals surface area contributed by atoms with Crippen molar-refractivity contribution in [3.8, 4) is 11.8 Å². The number of nitrogens with one attached hydrogen (secondary N) is 1. The molecule has 0 unspecified atom stereocenters. The lowest BCUT2D eigenvalue weighted by molar-refractivity contribution is 0.102. The fourth-order valence-corrected chi connectivity index (χ4v) is 3.42. The van der Waals surface area contributed by atoms with Gasteiger partial charge in [0.25, 0.3) is 5.91 Å². The maximum absolute atomic E-state index is 12.7. The van der Waals surface area contributed by atoms with E-state index in [0.29, 0.717) is 17.7 Å². The molecule has 3 aromatic rings.